The van der Waals surface area contributed by atoms with Crippen molar-refractivity contribution in [2.45, 2.75) is 9.79 Å². The highest BCUT2D eigenvalue weighted by Gasteiger charge is 2.19. The monoisotopic (exact) mass is 508 g/mol. The number of aromatic nitrogens is 1. The topological polar surface area (TPSA) is 134 Å². The summed E-state index contributed by atoms with van der Waals surface area (Å²) in [6.45, 7) is 0. The number of amides is 1. The van der Waals surface area contributed by atoms with Crippen LogP contribution in [0.15, 0.2) is 113 Å². The quantitative estimate of drug-likeness (QED) is 0.330. The number of rotatable bonds is 8. The van der Waals surface area contributed by atoms with E-state index in [1.165, 1.54) is 60.8 Å². The number of carbonyl (C=O) groups is 1. The van der Waals surface area contributed by atoms with E-state index in [4.69, 9.17) is 0 Å². The summed E-state index contributed by atoms with van der Waals surface area (Å²) in [6.07, 6.45) is 1.47. The summed E-state index contributed by atoms with van der Waals surface area (Å²) in [5.41, 5.74) is 0.528. The predicted molar refractivity (Wildman–Crippen MR) is 133 cm³/mol. The van der Waals surface area contributed by atoms with Crippen LogP contribution in [-0.4, -0.2) is 27.7 Å². The zero-order chi connectivity index (χ0) is 24.9. The second-order valence-electron chi connectivity index (χ2n) is 7.26. The van der Waals surface area contributed by atoms with Crippen LogP contribution in [0.25, 0.3) is 0 Å². The van der Waals surface area contributed by atoms with Gasteiger partial charge in [0.25, 0.3) is 26.0 Å². The minimum atomic E-state index is -3.90. The van der Waals surface area contributed by atoms with Crippen molar-refractivity contribution in [2.24, 2.45) is 0 Å². The molecule has 4 aromatic rings. The average Bonchev–Trinajstić information content (AvgIpc) is 2.85. The SMILES string of the molecule is O=C(Nc1ccc(S(=O)(=O)Nc2ccccn2)cc1)c1ccccc1NS(=O)(=O)c1ccccc1. The molecule has 11 heteroatoms. The normalized spacial score (nSPS) is 11.4. The fourth-order valence-corrected chi connectivity index (χ4v) is 5.22. The van der Waals surface area contributed by atoms with Crippen molar-refractivity contribution in [2.75, 3.05) is 14.8 Å². The molecule has 3 aromatic carbocycles. The number of hydrogen-bond acceptors (Lipinski definition) is 6. The van der Waals surface area contributed by atoms with E-state index in [-0.39, 0.29) is 26.9 Å². The Bertz CT molecular complexity index is 1540. The van der Waals surface area contributed by atoms with Crippen LogP contribution in [0.2, 0.25) is 0 Å². The maximum absolute atomic E-state index is 12.9. The van der Waals surface area contributed by atoms with Crippen LogP contribution in [0.1, 0.15) is 10.4 Å². The van der Waals surface area contributed by atoms with Gasteiger partial charge in [-0.2, -0.15) is 0 Å². The second-order valence-corrected chi connectivity index (χ2v) is 10.6. The first-order chi connectivity index (χ1) is 16.7. The lowest BCUT2D eigenvalue weighted by Crippen LogP contribution is -2.18. The van der Waals surface area contributed by atoms with E-state index in [2.05, 4.69) is 19.7 Å². The Balaban J connectivity index is 1.50. The van der Waals surface area contributed by atoms with Gasteiger partial charge in [-0.05, 0) is 60.7 Å². The fourth-order valence-electron chi connectivity index (χ4n) is 3.11. The third kappa shape index (κ3) is 5.83. The Labute approximate surface area is 203 Å². The number of benzene rings is 3. The molecule has 3 N–H and O–H groups in total. The van der Waals surface area contributed by atoms with Gasteiger partial charge in [0.2, 0.25) is 0 Å². The van der Waals surface area contributed by atoms with Gasteiger partial charge in [0.15, 0.2) is 0 Å². The van der Waals surface area contributed by atoms with Crippen molar-refractivity contribution in [3.05, 3.63) is 109 Å². The van der Waals surface area contributed by atoms with Crippen LogP contribution in [0.4, 0.5) is 17.2 Å². The molecule has 0 spiro atoms. The third-order valence-corrected chi connectivity index (χ3v) is 7.55. The van der Waals surface area contributed by atoms with Crippen LogP contribution < -0.4 is 14.8 Å². The Hall–Kier alpha value is -4.22. The highest BCUT2D eigenvalue weighted by atomic mass is 32.2. The number of nitrogens with zero attached hydrogens (tertiary/aromatic N) is 1. The first kappa shape index (κ1) is 23.9. The van der Waals surface area contributed by atoms with Crippen LogP contribution in [0.5, 0.6) is 0 Å². The molecule has 9 nitrogen and oxygen atoms in total. The Morgan fingerprint density at radius 2 is 1.23 bits per heavy atom. The van der Waals surface area contributed by atoms with E-state index in [1.54, 1.807) is 42.5 Å². The first-order valence-electron chi connectivity index (χ1n) is 10.3. The van der Waals surface area contributed by atoms with Crippen molar-refractivity contribution in [3.8, 4) is 0 Å². The molecular formula is C24H20N4O5S2. The molecule has 0 saturated heterocycles. The number of anilines is 3. The molecule has 0 aliphatic heterocycles. The van der Waals surface area contributed by atoms with Crippen LogP contribution in [0, 0.1) is 0 Å². The van der Waals surface area contributed by atoms with E-state index in [0.29, 0.717) is 5.69 Å². The van der Waals surface area contributed by atoms with Gasteiger partial charge < -0.3 is 5.32 Å². The van der Waals surface area contributed by atoms with E-state index < -0.39 is 26.0 Å². The molecule has 0 aliphatic carbocycles. The van der Waals surface area contributed by atoms with Gasteiger partial charge >= 0.3 is 0 Å². The van der Waals surface area contributed by atoms with Gasteiger partial charge in [-0.25, -0.2) is 21.8 Å². The predicted octanol–water partition coefficient (Wildman–Crippen LogP) is 3.94. The highest BCUT2D eigenvalue weighted by molar-refractivity contribution is 7.93. The number of nitrogens with one attached hydrogen (secondary N) is 3. The van der Waals surface area contributed by atoms with Crippen LogP contribution >= 0.6 is 0 Å². The zero-order valence-electron chi connectivity index (χ0n) is 18.1. The van der Waals surface area contributed by atoms with Crippen molar-refractivity contribution >= 4 is 43.1 Å². The van der Waals surface area contributed by atoms with E-state index >= 15 is 0 Å². The van der Waals surface area contributed by atoms with E-state index in [9.17, 15) is 21.6 Å². The molecule has 0 unspecified atom stereocenters. The number of sulfonamides is 2. The molecule has 0 bridgehead atoms. The number of pyridine rings is 1. The lowest BCUT2D eigenvalue weighted by molar-refractivity contribution is 0.102. The average molecular weight is 509 g/mol. The van der Waals surface area contributed by atoms with Crippen molar-refractivity contribution in [1.29, 1.82) is 0 Å². The molecule has 0 saturated carbocycles. The van der Waals surface area contributed by atoms with Crippen molar-refractivity contribution < 1.29 is 21.6 Å². The molecule has 0 aliphatic rings. The highest BCUT2D eigenvalue weighted by Crippen LogP contribution is 2.22. The van der Waals surface area contributed by atoms with Gasteiger partial charge in [-0.15, -0.1) is 0 Å². The Kier molecular flexibility index (Phi) is 6.80. The molecule has 0 fully saturated rings. The summed E-state index contributed by atoms with van der Waals surface area (Å²) >= 11 is 0. The molecule has 1 heterocycles. The van der Waals surface area contributed by atoms with E-state index in [1.807, 2.05) is 0 Å². The molecule has 1 aromatic heterocycles. The molecule has 178 valence electrons. The molecular weight excluding hydrogens is 488 g/mol. The Morgan fingerprint density at radius 1 is 0.629 bits per heavy atom. The first-order valence-corrected chi connectivity index (χ1v) is 13.2. The fraction of sp³-hybridized carbons (Fsp3) is 0. The zero-order valence-corrected chi connectivity index (χ0v) is 19.8. The third-order valence-electron chi connectivity index (χ3n) is 4.80. The van der Waals surface area contributed by atoms with Crippen molar-refractivity contribution in [1.82, 2.24) is 4.98 Å². The minimum Gasteiger partial charge on any atom is -0.322 e. The molecule has 35 heavy (non-hydrogen) atoms. The van der Waals surface area contributed by atoms with Gasteiger partial charge in [0.05, 0.1) is 21.0 Å². The summed E-state index contributed by atoms with van der Waals surface area (Å²) in [5, 5.41) is 2.65. The molecule has 4 rings (SSSR count). The number of para-hydroxylation sites is 1. The maximum atomic E-state index is 12.9. The number of carbonyl (C=O) groups excluding carboxylic acids is 1. The van der Waals surface area contributed by atoms with Crippen LogP contribution in [0.3, 0.4) is 0 Å². The van der Waals surface area contributed by atoms with Gasteiger partial charge in [0, 0.05) is 11.9 Å². The summed E-state index contributed by atoms with van der Waals surface area (Å²) in [4.78, 5) is 16.9. The minimum absolute atomic E-state index is 0.0165. The maximum Gasteiger partial charge on any atom is 0.263 e. The van der Waals surface area contributed by atoms with E-state index in [0.717, 1.165) is 0 Å². The summed E-state index contributed by atoms with van der Waals surface area (Å²) in [6, 6.07) is 24.4. The lowest BCUT2D eigenvalue weighted by atomic mass is 10.1. The summed E-state index contributed by atoms with van der Waals surface area (Å²) < 4.78 is 55.3. The molecule has 1 amide bonds. The second kappa shape index (κ2) is 9.95. The lowest BCUT2D eigenvalue weighted by Gasteiger charge is -2.13. The Morgan fingerprint density at radius 3 is 1.91 bits per heavy atom. The largest absolute Gasteiger partial charge is 0.322 e. The molecule has 0 atom stereocenters. The van der Waals surface area contributed by atoms with Gasteiger partial charge in [-0.3, -0.25) is 14.2 Å². The van der Waals surface area contributed by atoms with Crippen molar-refractivity contribution in [3.63, 3.8) is 0 Å². The van der Waals surface area contributed by atoms with Gasteiger partial charge in [-0.1, -0.05) is 36.4 Å². The van der Waals surface area contributed by atoms with Gasteiger partial charge in [0.1, 0.15) is 5.82 Å². The smallest absolute Gasteiger partial charge is 0.263 e. The number of hydrogen-bond donors (Lipinski definition) is 3. The molecule has 0 radical (unpaired) electrons. The van der Waals surface area contributed by atoms with Crippen LogP contribution in [-0.2, 0) is 20.0 Å². The summed E-state index contributed by atoms with van der Waals surface area (Å²) in [5.74, 6) is -0.391. The standard InChI is InChI=1S/C24H20N4O5S2/c29-24(21-10-4-5-11-22(21)27-34(30,31)19-8-2-1-3-9-19)26-18-13-15-20(16-14-18)35(32,33)28-23-12-6-7-17-25-23/h1-17,27H,(H,25,28)(H,26,29). The summed E-state index contributed by atoms with van der Waals surface area (Å²) in [7, 11) is -7.76.